The maximum absolute atomic E-state index is 11.7. The third-order valence-electron chi connectivity index (χ3n) is 7.46. The molecule has 3 aromatic heterocycles. The third-order valence-corrected chi connectivity index (χ3v) is 7.46. The minimum atomic E-state index is 0.0237. The highest BCUT2D eigenvalue weighted by molar-refractivity contribution is 5.88. The fourth-order valence-corrected chi connectivity index (χ4v) is 5.32. The Kier molecular flexibility index (Phi) is 5.74. The number of hydrogen-bond acceptors (Lipinski definition) is 6. The van der Waals surface area contributed by atoms with Gasteiger partial charge in [-0.25, -0.2) is 4.52 Å². The van der Waals surface area contributed by atoms with Gasteiger partial charge in [0.15, 0.2) is 0 Å². The summed E-state index contributed by atoms with van der Waals surface area (Å²) in [7, 11) is 1.90. The Bertz CT molecular complexity index is 1510. The van der Waals surface area contributed by atoms with E-state index in [2.05, 4.69) is 63.0 Å². The first-order chi connectivity index (χ1) is 18.0. The lowest BCUT2D eigenvalue weighted by molar-refractivity contribution is -0.133. The minimum Gasteiger partial charge on any atom is -0.369 e. The van der Waals surface area contributed by atoms with E-state index in [1.807, 2.05) is 30.4 Å². The van der Waals surface area contributed by atoms with Crippen molar-refractivity contribution in [1.82, 2.24) is 29.2 Å². The van der Waals surface area contributed by atoms with E-state index in [1.165, 1.54) is 11.8 Å². The van der Waals surface area contributed by atoms with E-state index in [9.17, 15) is 10.1 Å². The van der Waals surface area contributed by atoms with E-state index < -0.39 is 0 Å². The molecule has 37 heavy (non-hydrogen) atoms. The number of benzene rings is 1. The van der Waals surface area contributed by atoms with Crippen LogP contribution in [0.15, 0.2) is 67.6 Å². The maximum Gasteiger partial charge on any atom is 0.246 e. The Morgan fingerprint density at radius 2 is 1.86 bits per heavy atom. The predicted molar refractivity (Wildman–Crippen MR) is 142 cm³/mol. The molecular formula is C28H28N8O. The van der Waals surface area contributed by atoms with Gasteiger partial charge in [0.05, 0.1) is 23.0 Å². The van der Waals surface area contributed by atoms with E-state index >= 15 is 0 Å². The summed E-state index contributed by atoms with van der Waals surface area (Å²) >= 11 is 0. The number of aromatic nitrogens is 4. The van der Waals surface area contributed by atoms with E-state index in [-0.39, 0.29) is 5.91 Å². The zero-order chi connectivity index (χ0) is 25.5. The Hall–Kier alpha value is -4.42. The standard InChI is InChI=1S/C28H28N8O/c1-3-27(37)35-18-24(19-35)34-12-10-33(11-13-34)23-6-4-20(5-7-23)25-14-21(26-8-9-32(2)31-26)17-36-28(25)22(15-29)16-30-36/h3-9,14,16-17,24H,1,10-13,18-19H2,2H3. The van der Waals surface area contributed by atoms with Crippen molar-refractivity contribution in [3.8, 4) is 28.5 Å². The molecule has 4 aromatic rings. The molecule has 0 unspecified atom stereocenters. The molecule has 1 amide bonds. The van der Waals surface area contributed by atoms with Gasteiger partial charge in [-0.15, -0.1) is 0 Å². The van der Waals surface area contributed by atoms with E-state index in [1.54, 1.807) is 15.4 Å². The molecule has 2 aliphatic heterocycles. The number of carbonyl (C=O) groups excluding carboxylic acids is 1. The number of carbonyl (C=O) groups is 1. The number of anilines is 1. The largest absolute Gasteiger partial charge is 0.369 e. The summed E-state index contributed by atoms with van der Waals surface area (Å²) in [6, 6.07) is 15.4. The van der Waals surface area contributed by atoms with Crippen molar-refractivity contribution in [3.05, 3.63) is 73.2 Å². The van der Waals surface area contributed by atoms with Crippen molar-refractivity contribution in [3.63, 3.8) is 0 Å². The highest BCUT2D eigenvalue weighted by Gasteiger charge is 2.35. The summed E-state index contributed by atoms with van der Waals surface area (Å²) in [5.41, 5.74) is 6.32. The Labute approximate surface area is 215 Å². The number of pyridine rings is 1. The van der Waals surface area contributed by atoms with E-state index in [4.69, 9.17) is 0 Å². The molecule has 0 atom stereocenters. The maximum atomic E-state index is 11.7. The third kappa shape index (κ3) is 4.15. The number of likely N-dealkylation sites (tertiary alicyclic amines) is 1. The highest BCUT2D eigenvalue weighted by atomic mass is 16.2. The van der Waals surface area contributed by atoms with Crippen LogP contribution >= 0.6 is 0 Å². The summed E-state index contributed by atoms with van der Waals surface area (Å²) in [6.45, 7) is 9.04. The molecule has 0 N–H and O–H groups in total. The Morgan fingerprint density at radius 1 is 1.11 bits per heavy atom. The smallest absolute Gasteiger partial charge is 0.246 e. The molecule has 2 fully saturated rings. The molecule has 0 radical (unpaired) electrons. The van der Waals surface area contributed by atoms with Crippen LogP contribution in [0, 0.1) is 11.3 Å². The van der Waals surface area contributed by atoms with Gasteiger partial charge < -0.3 is 9.80 Å². The molecule has 2 aliphatic rings. The summed E-state index contributed by atoms with van der Waals surface area (Å²) in [5, 5.41) is 18.7. The zero-order valence-electron chi connectivity index (χ0n) is 20.8. The Morgan fingerprint density at radius 3 is 2.51 bits per heavy atom. The number of nitriles is 1. The van der Waals surface area contributed by atoms with Crippen LogP contribution in [0.4, 0.5) is 5.69 Å². The molecule has 0 spiro atoms. The van der Waals surface area contributed by atoms with Crippen LogP contribution in [0.1, 0.15) is 5.56 Å². The van der Waals surface area contributed by atoms with Gasteiger partial charge in [-0.1, -0.05) is 18.7 Å². The summed E-state index contributed by atoms with van der Waals surface area (Å²) in [6.07, 6.45) is 6.85. The SMILES string of the molecule is C=CC(=O)N1CC(N2CCN(c3ccc(-c4cc(-c5ccn(C)n5)cn5ncc(C#N)c45)cc3)CC2)C1. The number of nitrogens with zero attached hydrogens (tertiary/aromatic N) is 8. The quantitative estimate of drug-likeness (QED) is 0.399. The molecule has 9 heteroatoms. The van der Waals surface area contributed by atoms with Crippen molar-refractivity contribution in [2.24, 2.45) is 7.05 Å². The lowest BCUT2D eigenvalue weighted by Crippen LogP contribution is -2.64. The van der Waals surface area contributed by atoms with E-state index in [0.29, 0.717) is 11.6 Å². The number of hydrogen-bond donors (Lipinski definition) is 0. The van der Waals surface area contributed by atoms with Crippen LogP contribution in [0.25, 0.3) is 27.9 Å². The van der Waals surface area contributed by atoms with Crippen LogP contribution in [-0.4, -0.2) is 80.4 Å². The molecular weight excluding hydrogens is 464 g/mol. The number of fused-ring (bicyclic) bond motifs is 1. The molecule has 2 saturated heterocycles. The van der Waals surface area contributed by atoms with Crippen molar-refractivity contribution < 1.29 is 4.79 Å². The van der Waals surface area contributed by atoms with Gasteiger partial charge in [-0.05, 0) is 35.9 Å². The second kappa shape index (κ2) is 9.22. The lowest BCUT2D eigenvalue weighted by Gasteiger charge is -2.48. The van der Waals surface area contributed by atoms with Crippen molar-refractivity contribution >= 4 is 17.1 Å². The van der Waals surface area contributed by atoms with Gasteiger partial charge >= 0.3 is 0 Å². The topological polar surface area (TPSA) is 85.7 Å². The molecule has 186 valence electrons. The monoisotopic (exact) mass is 492 g/mol. The van der Waals surface area contributed by atoms with Crippen LogP contribution < -0.4 is 4.90 Å². The number of rotatable bonds is 5. The van der Waals surface area contributed by atoms with Gasteiger partial charge in [-0.2, -0.15) is 15.5 Å². The average Bonchev–Trinajstić information content (AvgIpc) is 3.53. The predicted octanol–water partition coefficient (Wildman–Crippen LogP) is 2.79. The van der Waals surface area contributed by atoms with Gasteiger partial charge in [0.25, 0.3) is 0 Å². The van der Waals surface area contributed by atoms with Gasteiger partial charge in [-0.3, -0.25) is 14.4 Å². The number of piperazine rings is 1. The van der Waals surface area contributed by atoms with Gasteiger partial charge in [0, 0.05) is 81.6 Å². The molecule has 5 heterocycles. The van der Waals surface area contributed by atoms with Gasteiger partial charge in [0.1, 0.15) is 6.07 Å². The van der Waals surface area contributed by atoms with Crippen LogP contribution in [0.5, 0.6) is 0 Å². The fourth-order valence-electron chi connectivity index (χ4n) is 5.32. The second-order valence-electron chi connectivity index (χ2n) is 9.65. The molecule has 0 bridgehead atoms. The first kappa shape index (κ1) is 23.0. The molecule has 0 saturated carbocycles. The first-order valence-corrected chi connectivity index (χ1v) is 12.5. The summed E-state index contributed by atoms with van der Waals surface area (Å²) < 4.78 is 3.55. The zero-order valence-corrected chi connectivity index (χ0v) is 20.8. The van der Waals surface area contributed by atoms with Crippen LogP contribution in [-0.2, 0) is 11.8 Å². The summed E-state index contributed by atoms with van der Waals surface area (Å²) in [4.78, 5) is 18.5. The van der Waals surface area contributed by atoms with Crippen LogP contribution in [0.2, 0.25) is 0 Å². The molecule has 1 aromatic carbocycles. The van der Waals surface area contributed by atoms with Crippen molar-refractivity contribution in [2.45, 2.75) is 6.04 Å². The van der Waals surface area contributed by atoms with E-state index in [0.717, 1.165) is 67.2 Å². The van der Waals surface area contributed by atoms with Gasteiger partial charge in [0.2, 0.25) is 5.91 Å². The molecule has 6 rings (SSSR count). The molecule has 9 nitrogen and oxygen atoms in total. The first-order valence-electron chi connectivity index (χ1n) is 12.5. The molecule has 0 aliphatic carbocycles. The fraction of sp³-hybridized carbons (Fsp3) is 0.286. The lowest BCUT2D eigenvalue weighted by atomic mass is 10.0. The normalized spacial score (nSPS) is 16.5. The van der Waals surface area contributed by atoms with Crippen molar-refractivity contribution in [1.29, 1.82) is 5.26 Å². The summed E-state index contributed by atoms with van der Waals surface area (Å²) in [5.74, 6) is 0.0237. The minimum absolute atomic E-state index is 0.0237. The second-order valence-corrected chi connectivity index (χ2v) is 9.65. The highest BCUT2D eigenvalue weighted by Crippen LogP contribution is 2.33. The Balaban J connectivity index is 1.21. The van der Waals surface area contributed by atoms with Crippen molar-refractivity contribution in [2.75, 3.05) is 44.2 Å². The van der Waals surface area contributed by atoms with Crippen LogP contribution in [0.3, 0.4) is 0 Å². The average molecular weight is 493 g/mol. The number of amides is 1. The number of aryl methyl sites for hydroxylation is 1.